The normalized spacial score (nSPS) is 23.0. The van der Waals surface area contributed by atoms with Gasteiger partial charge in [-0.1, -0.05) is 116 Å². The van der Waals surface area contributed by atoms with Crippen molar-refractivity contribution in [2.45, 2.75) is 217 Å². The molecular weight excluding hydrogens is 556 g/mol. The van der Waals surface area contributed by atoms with Crippen LogP contribution in [0.15, 0.2) is 11.6 Å². The lowest BCUT2D eigenvalue weighted by Gasteiger charge is -2.22. The molecule has 0 spiro atoms. The first kappa shape index (κ1) is 39.2. The van der Waals surface area contributed by atoms with Crippen LogP contribution >= 0.6 is 0 Å². The second kappa shape index (κ2) is 24.2. The van der Waals surface area contributed by atoms with Gasteiger partial charge in [0.05, 0.1) is 36.6 Å². The van der Waals surface area contributed by atoms with Crippen LogP contribution in [0.5, 0.6) is 0 Å². The van der Waals surface area contributed by atoms with Crippen LogP contribution in [0.25, 0.3) is 0 Å². The van der Waals surface area contributed by atoms with E-state index in [9.17, 15) is 25.2 Å². The zero-order valence-corrected chi connectivity index (χ0v) is 28.3. The molecule has 0 aromatic rings. The van der Waals surface area contributed by atoms with Crippen LogP contribution in [0.1, 0.15) is 174 Å². The van der Waals surface area contributed by atoms with Gasteiger partial charge >= 0.3 is 5.97 Å². The molecular formula is C37H68O7. The lowest BCUT2D eigenvalue weighted by Crippen LogP contribution is -2.31. The van der Waals surface area contributed by atoms with Crippen LogP contribution in [0.2, 0.25) is 0 Å². The second-order valence-corrected chi connectivity index (χ2v) is 13.8. The van der Waals surface area contributed by atoms with Crippen LogP contribution in [0, 0.1) is 0 Å². The van der Waals surface area contributed by atoms with Gasteiger partial charge in [-0.15, -0.1) is 0 Å². The molecule has 2 heterocycles. The van der Waals surface area contributed by atoms with Crippen molar-refractivity contribution in [2.24, 2.45) is 0 Å². The molecule has 7 atom stereocenters. The van der Waals surface area contributed by atoms with E-state index in [1.165, 1.54) is 57.8 Å². The number of carbonyl (C=O) groups is 1. The Morgan fingerprint density at radius 2 is 1.05 bits per heavy atom. The Bertz CT molecular complexity index is 756. The van der Waals surface area contributed by atoms with Gasteiger partial charge in [-0.05, 0) is 57.9 Å². The molecule has 0 saturated carbocycles. The molecule has 258 valence electrons. The molecule has 1 unspecified atom stereocenters. The molecule has 7 heteroatoms. The number of hydrogen-bond acceptors (Lipinski definition) is 7. The van der Waals surface area contributed by atoms with Crippen LogP contribution < -0.4 is 0 Å². The third kappa shape index (κ3) is 17.6. The van der Waals surface area contributed by atoms with E-state index in [0.717, 1.165) is 89.9 Å². The molecule has 0 bridgehead atoms. The highest BCUT2D eigenvalue weighted by Gasteiger charge is 2.34. The lowest BCUT2D eigenvalue weighted by atomic mass is 9.99. The van der Waals surface area contributed by atoms with E-state index in [1.807, 2.05) is 6.92 Å². The van der Waals surface area contributed by atoms with E-state index in [2.05, 4.69) is 6.92 Å². The van der Waals surface area contributed by atoms with Crippen molar-refractivity contribution in [3.63, 3.8) is 0 Å². The van der Waals surface area contributed by atoms with Crippen molar-refractivity contribution in [3.05, 3.63) is 11.6 Å². The van der Waals surface area contributed by atoms with Crippen LogP contribution in [0.4, 0.5) is 0 Å². The third-order valence-electron chi connectivity index (χ3n) is 9.61. The number of unbranched alkanes of at least 4 members (excludes halogenated alkanes) is 14. The third-order valence-corrected chi connectivity index (χ3v) is 9.61. The average molecular weight is 625 g/mol. The fraction of sp³-hybridized carbons (Fsp3) is 0.919. The molecule has 1 saturated heterocycles. The first-order chi connectivity index (χ1) is 21.3. The molecule has 2 aliphatic rings. The van der Waals surface area contributed by atoms with E-state index in [0.29, 0.717) is 18.4 Å². The van der Waals surface area contributed by atoms with Crippen molar-refractivity contribution in [1.82, 2.24) is 0 Å². The molecule has 0 aromatic heterocycles. The van der Waals surface area contributed by atoms with Gasteiger partial charge in [0.1, 0.15) is 6.10 Å². The van der Waals surface area contributed by atoms with E-state index < -0.39 is 18.3 Å². The number of carbonyl (C=O) groups excluding carboxylic acids is 1. The molecule has 2 aliphatic heterocycles. The Kier molecular flexibility index (Phi) is 21.6. The number of aliphatic hydroxyl groups is 4. The number of rotatable bonds is 28. The summed E-state index contributed by atoms with van der Waals surface area (Å²) in [4.78, 5) is 11.7. The highest BCUT2D eigenvalue weighted by atomic mass is 16.5. The van der Waals surface area contributed by atoms with E-state index in [4.69, 9.17) is 9.47 Å². The Balaban J connectivity index is 1.38. The molecule has 1 fully saturated rings. The maximum atomic E-state index is 11.7. The number of cyclic esters (lactones) is 1. The maximum absolute atomic E-state index is 11.7. The first-order valence-corrected chi connectivity index (χ1v) is 18.6. The van der Waals surface area contributed by atoms with Crippen LogP contribution in [0.3, 0.4) is 0 Å². The molecule has 0 radical (unpaired) electrons. The topological polar surface area (TPSA) is 116 Å². The molecule has 0 aliphatic carbocycles. The van der Waals surface area contributed by atoms with Gasteiger partial charge in [-0.2, -0.15) is 0 Å². The van der Waals surface area contributed by atoms with E-state index >= 15 is 0 Å². The predicted octanol–water partition coefficient (Wildman–Crippen LogP) is 7.84. The monoisotopic (exact) mass is 624 g/mol. The second-order valence-electron chi connectivity index (χ2n) is 13.8. The minimum absolute atomic E-state index is 0.126. The summed E-state index contributed by atoms with van der Waals surface area (Å²) in [6.07, 6.45) is 25.3. The van der Waals surface area contributed by atoms with Crippen LogP contribution in [-0.4, -0.2) is 69.1 Å². The summed E-state index contributed by atoms with van der Waals surface area (Å²) in [6, 6.07) is 0. The van der Waals surface area contributed by atoms with Crippen molar-refractivity contribution < 1.29 is 34.7 Å². The van der Waals surface area contributed by atoms with Crippen molar-refractivity contribution in [2.75, 3.05) is 0 Å². The fourth-order valence-electron chi connectivity index (χ4n) is 6.77. The minimum atomic E-state index is -0.519. The summed E-state index contributed by atoms with van der Waals surface area (Å²) < 4.78 is 11.1. The maximum Gasteiger partial charge on any atom is 0.334 e. The molecule has 2 rings (SSSR count). The quantitative estimate of drug-likeness (QED) is 0.0518. The van der Waals surface area contributed by atoms with Crippen molar-refractivity contribution >= 4 is 5.97 Å². The van der Waals surface area contributed by atoms with Gasteiger partial charge in [0, 0.05) is 12.0 Å². The standard InChI is InChI=1S/C37H68O7/c1-3-4-5-6-7-8-9-10-11-18-23-33(40)35-25-26-36(44-35)34(41)24-19-13-12-15-20-31(38)21-16-14-17-22-32(39)28-30-27-29(2)43-37(30)42/h27,29,31-36,38-41H,3-26,28H2,1-2H3/t29-,31?,32+,33-,34+,35-,36+/m0/s1. The van der Waals surface area contributed by atoms with E-state index in [-0.39, 0.29) is 30.4 Å². The minimum Gasteiger partial charge on any atom is -0.455 e. The van der Waals surface area contributed by atoms with Gasteiger partial charge in [0.2, 0.25) is 0 Å². The summed E-state index contributed by atoms with van der Waals surface area (Å²) in [5, 5.41) is 41.7. The van der Waals surface area contributed by atoms with E-state index in [1.54, 1.807) is 6.08 Å². The number of hydrogen-bond donors (Lipinski definition) is 4. The van der Waals surface area contributed by atoms with Gasteiger partial charge in [0.15, 0.2) is 0 Å². The summed E-state index contributed by atoms with van der Waals surface area (Å²) in [6.45, 7) is 4.08. The highest BCUT2D eigenvalue weighted by Crippen LogP contribution is 2.28. The summed E-state index contributed by atoms with van der Waals surface area (Å²) in [5.41, 5.74) is 0.584. The Morgan fingerprint density at radius 3 is 1.50 bits per heavy atom. The SMILES string of the molecule is CCCCCCCCCCCC[C@H](O)[C@@H]1CC[C@H]([C@H](O)CCCCCCC(O)CCCCC[C@@H](O)CC2=C[C@H](C)OC2=O)O1. The smallest absolute Gasteiger partial charge is 0.334 e. The van der Waals surface area contributed by atoms with Gasteiger partial charge in [0.25, 0.3) is 0 Å². The molecule has 7 nitrogen and oxygen atoms in total. The van der Waals surface area contributed by atoms with Crippen molar-refractivity contribution in [1.29, 1.82) is 0 Å². The Morgan fingerprint density at radius 1 is 0.636 bits per heavy atom. The van der Waals surface area contributed by atoms with Gasteiger partial charge < -0.3 is 29.9 Å². The highest BCUT2D eigenvalue weighted by molar-refractivity contribution is 5.90. The fourth-order valence-corrected chi connectivity index (χ4v) is 6.77. The van der Waals surface area contributed by atoms with Crippen LogP contribution in [-0.2, 0) is 14.3 Å². The zero-order valence-electron chi connectivity index (χ0n) is 28.3. The molecule has 4 N–H and O–H groups in total. The summed E-state index contributed by atoms with van der Waals surface area (Å²) in [5.74, 6) is -0.308. The lowest BCUT2D eigenvalue weighted by molar-refractivity contribution is -0.139. The van der Waals surface area contributed by atoms with Gasteiger partial charge in [-0.3, -0.25) is 0 Å². The number of ether oxygens (including phenoxy) is 2. The predicted molar refractivity (Wildman–Crippen MR) is 177 cm³/mol. The summed E-state index contributed by atoms with van der Waals surface area (Å²) in [7, 11) is 0. The molecule has 0 aromatic carbocycles. The number of aliphatic hydroxyl groups excluding tert-OH is 4. The Hall–Kier alpha value is -0.990. The average Bonchev–Trinajstić information content (AvgIpc) is 3.61. The van der Waals surface area contributed by atoms with Crippen molar-refractivity contribution in [3.8, 4) is 0 Å². The molecule has 44 heavy (non-hydrogen) atoms. The molecule has 0 amide bonds. The largest absolute Gasteiger partial charge is 0.455 e. The Labute approximate surface area is 269 Å². The van der Waals surface area contributed by atoms with Gasteiger partial charge in [-0.25, -0.2) is 4.79 Å². The zero-order chi connectivity index (χ0) is 32.0. The number of esters is 1. The first-order valence-electron chi connectivity index (χ1n) is 18.6. The summed E-state index contributed by atoms with van der Waals surface area (Å²) >= 11 is 0.